The van der Waals surface area contributed by atoms with Crippen LogP contribution in [0.15, 0.2) is 217 Å². The molecule has 4 heteroatoms. The second-order valence-electron chi connectivity index (χ2n) is 17.5. The van der Waals surface area contributed by atoms with Gasteiger partial charge in [-0.2, -0.15) is 0 Å². The van der Waals surface area contributed by atoms with Gasteiger partial charge in [0.25, 0.3) is 0 Å². The first-order valence-corrected chi connectivity index (χ1v) is 20.9. The van der Waals surface area contributed by atoms with Crippen molar-refractivity contribution in [2.24, 2.45) is 0 Å². The molecule has 1 radical (unpaired) electrons. The van der Waals surface area contributed by atoms with Crippen molar-refractivity contribution in [3.8, 4) is 0 Å². The third-order valence-electron chi connectivity index (χ3n) is 11.2. The average molecular weight is 779 g/mol. The molecule has 3 aliphatic rings. The van der Waals surface area contributed by atoms with E-state index in [1.807, 2.05) is 6.20 Å². The summed E-state index contributed by atoms with van der Waals surface area (Å²) in [6.07, 6.45) is 24.1. The van der Waals surface area contributed by atoms with Crippen molar-refractivity contribution in [1.82, 2.24) is 9.88 Å². The smallest absolute Gasteiger partial charge is 0.186 e. The van der Waals surface area contributed by atoms with E-state index in [4.69, 9.17) is 0 Å². The first kappa shape index (κ1) is 40.0. The monoisotopic (exact) mass is 778 g/mol. The normalized spacial score (nSPS) is 21.2. The number of rotatable bonds is 5. The largest absolute Gasteiger partial charge is 0.363 e. The minimum Gasteiger partial charge on any atom is -0.363 e. The van der Waals surface area contributed by atoms with Crippen molar-refractivity contribution in [3.05, 3.63) is 239 Å². The Kier molecular flexibility index (Phi) is 11.5. The van der Waals surface area contributed by atoms with Crippen LogP contribution in [0.5, 0.6) is 0 Å². The fourth-order valence-electron chi connectivity index (χ4n) is 7.72. The minimum absolute atomic E-state index is 0.0386. The molecule has 0 atom stereocenters. The highest BCUT2D eigenvalue weighted by Gasteiger charge is 2.17. The molecule has 0 saturated heterocycles. The summed E-state index contributed by atoms with van der Waals surface area (Å²) in [7, 11) is 2.17. The van der Waals surface area contributed by atoms with E-state index in [9.17, 15) is 0 Å². The molecule has 0 aliphatic carbocycles. The number of nitrogens with zero attached hydrogens (tertiary/aromatic N) is 1. The minimum atomic E-state index is 0.0386. The van der Waals surface area contributed by atoms with Gasteiger partial charge in [-0.25, -0.2) is 0 Å². The summed E-state index contributed by atoms with van der Waals surface area (Å²) >= 11 is 0. The molecule has 4 heterocycles. The molecule has 0 fully saturated rings. The van der Waals surface area contributed by atoms with Gasteiger partial charge >= 0.3 is 0 Å². The van der Waals surface area contributed by atoms with E-state index in [0.717, 1.165) is 61.4 Å². The summed E-state index contributed by atoms with van der Waals surface area (Å²) in [4.78, 5) is 0. The quantitative estimate of drug-likeness (QED) is 0.171. The summed E-state index contributed by atoms with van der Waals surface area (Å²) in [6, 6.07) is 45.9. The lowest BCUT2D eigenvalue weighted by Gasteiger charge is -2.20. The summed E-state index contributed by atoms with van der Waals surface area (Å²) < 4.78 is 2.39. The van der Waals surface area contributed by atoms with E-state index in [0.29, 0.717) is 0 Å². The van der Waals surface area contributed by atoms with Gasteiger partial charge in [0.15, 0.2) is 7.28 Å². The Morgan fingerprint density at radius 2 is 1.18 bits per heavy atom. The topological polar surface area (TPSA) is 29.0 Å². The predicted octanol–water partition coefficient (Wildman–Crippen LogP) is 14.1. The van der Waals surface area contributed by atoms with Crippen LogP contribution in [-0.4, -0.2) is 11.8 Å². The molecule has 3 nitrogen and oxygen atoms in total. The van der Waals surface area contributed by atoms with Crippen molar-refractivity contribution in [2.75, 3.05) is 5.32 Å². The molecule has 3 aliphatic heterocycles. The van der Waals surface area contributed by atoms with Crippen LogP contribution in [0.25, 0.3) is 38.6 Å². The van der Waals surface area contributed by atoms with Gasteiger partial charge in [0, 0.05) is 34.1 Å². The molecule has 0 unspecified atom stereocenters. The number of para-hydroxylation sites is 2. The highest BCUT2D eigenvalue weighted by molar-refractivity contribution is 6.52. The van der Waals surface area contributed by atoms with Gasteiger partial charge < -0.3 is 15.2 Å². The lowest BCUT2D eigenvalue weighted by Crippen LogP contribution is -2.10. The van der Waals surface area contributed by atoms with E-state index in [2.05, 4.69) is 258 Å². The number of nitrogens with one attached hydrogen (secondary N) is 2. The number of allylic oxidation sites excluding steroid dienone is 14. The first-order valence-electron chi connectivity index (χ1n) is 20.9. The molecule has 0 spiro atoms. The van der Waals surface area contributed by atoms with Crippen molar-refractivity contribution in [3.63, 3.8) is 0 Å². The van der Waals surface area contributed by atoms with Crippen molar-refractivity contribution >= 4 is 51.6 Å². The maximum absolute atomic E-state index is 3.62. The second kappa shape index (κ2) is 17.2. The van der Waals surface area contributed by atoms with E-state index < -0.39 is 0 Å². The first-order chi connectivity index (χ1) is 29.0. The Labute approximate surface area is 357 Å². The van der Waals surface area contributed by atoms with Crippen molar-refractivity contribution < 1.29 is 0 Å². The van der Waals surface area contributed by atoms with Crippen LogP contribution >= 0.6 is 0 Å². The summed E-state index contributed by atoms with van der Waals surface area (Å²) in [5.41, 5.74) is 14.6. The molecule has 6 aromatic rings. The van der Waals surface area contributed by atoms with Crippen molar-refractivity contribution in [1.29, 1.82) is 0 Å². The molecular weight excluding hydrogens is 725 g/mol. The molecule has 60 heavy (non-hydrogen) atoms. The van der Waals surface area contributed by atoms with E-state index in [1.165, 1.54) is 21.9 Å². The fraction of sp³-hybridized carbons (Fsp3) is 0.143. The summed E-state index contributed by atoms with van der Waals surface area (Å²) in [6.45, 7) is 13.5. The molecule has 1 aromatic heterocycles. The van der Waals surface area contributed by atoms with Crippen LogP contribution < -0.4 is 10.6 Å². The van der Waals surface area contributed by atoms with Gasteiger partial charge in [-0.1, -0.05) is 186 Å². The zero-order valence-corrected chi connectivity index (χ0v) is 35.6. The van der Waals surface area contributed by atoms with Gasteiger partial charge in [-0.05, 0) is 105 Å². The molecule has 2 N–H and O–H groups in total. The zero-order valence-electron chi connectivity index (χ0n) is 35.6. The zero-order chi connectivity index (χ0) is 41.7. The number of benzene rings is 5. The van der Waals surface area contributed by atoms with Crippen LogP contribution in [-0.2, 0) is 10.8 Å². The predicted molar refractivity (Wildman–Crippen MR) is 261 cm³/mol. The van der Waals surface area contributed by atoms with Gasteiger partial charge in [-0.15, -0.1) is 0 Å². The highest BCUT2D eigenvalue weighted by atomic mass is 15.0. The Morgan fingerprint density at radius 1 is 0.567 bits per heavy atom. The molecule has 295 valence electrons. The number of hydrogen-bond acceptors (Lipinski definition) is 2. The van der Waals surface area contributed by atoms with E-state index >= 15 is 0 Å². The van der Waals surface area contributed by atoms with Crippen LogP contribution in [0, 0.1) is 0 Å². The Morgan fingerprint density at radius 3 is 1.83 bits per heavy atom. The van der Waals surface area contributed by atoms with Crippen molar-refractivity contribution in [2.45, 2.75) is 52.4 Å². The standard InChI is InChI=1S/C56H53BN3/c1-55(2,3)44-26-23-41(24-27-44)50-34-33-49(60-53-21-12-10-19-51(53)52-20-11-13-22-54(52)60)37-48-38-57-46(39-59-47-31-28-45(29-32-47)56(4,5)6)30-25-42(40-16-8-7-9-17-40)36-43(50)18-14-15-35-58-48/h7-39,58-59H,1-6H3/b18-14-,30-25?,34-33-,35-15+,42-36+,46-39?,48-38-,49-37+,50-43+. The number of aromatic nitrogens is 1. The summed E-state index contributed by atoms with van der Waals surface area (Å²) in [5.74, 6) is 2.16. The van der Waals surface area contributed by atoms with Gasteiger partial charge in [0.1, 0.15) is 0 Å². The van der Waals surface area contributed by atoms with Gasteiger partial charge in [-0.3, -0.25) is 0 Å². The molecular formula is C56H53BN3. The average Bonchev–Trinajstić information content (AvgIpc) is 3.58. The van der Waals surface area contributed by atoms with Gasteiger partial charge in [0.2, 0.25) is 0 Å². The molecule has 9 rings (SSSR count). The lowest BCUT2D eigenvalue weighted by molar-refractivity contribution is 0.590. The Hall–Kier alpha value is -6.78. The molecule has 5 aromatic carbocycles. The highest BCUT2D eigenvalue weighted by Crippen LogP contribution is 2.35. The van der Waals surface area contributed by atoms with E-state index in [1.54, 1.807) is 0 Å². The molecule has 0 saturated carbocycles. The Bertz CT molecular complexity index is 2750. The van der Waals surface area contributed by atoms with Crippen LogP contribution in [0.3, 0.4) is 0 Å². The summed E-state index contributed by atoms with van der Waals surface area (Å²) in [5, 5.41) is 9.66. The third kappa shape index (κ3) is 9.09. The SMILES string of the molecule is CC(C)(C)c1ccc(NC=C2[B]/C=C3/C=C(n4c5ccccc5c5ccccc54)\C=C/C(c4ccc(C(C)(C)C)cc4)=C(/C=C\C=C\N3)\C=C(\c3ccccc3)C=C2)cc1. The maximum Gasteiger partial charge on any atom is 0.186 e. The Balaban J connectivity index is 1.38. The van der Waals surface area contributed by atoms with Crippen LogP contribution in [0.4, 0.5) is 5.69 Å². The molecule has 0 amide bonds. The van der Waals surface area contributed by atoms with Crippen LogP contribution in [0.1, 0.15) is 63.8 Å². The maximum atomic E-state index is 3.62. The number of hydrogen-bond donors (Lipinski definition) is 2. The van der Waals surface area contributed by atoms with Crippen LogP contribution in [0.2, 0.25) is 0 Å². The lowest BCUT2D eigenvalue weighted by atomic mass is 9.68. The fourth-order valence-corrected chi connectivity index (χ4v) is 7.72. The second-order valence-corrected chi connectivity index (χ2v) is 17.5. The van der Waals surface area contributed by atoms with E-state index in [-0.39, 0.29) is 10.8 Å². The third-order valence-corrected chi connectivity index (χ3v) is 11.2. The van der Waals surface area contributed by atoms with Gasteiger partial charge in [0.05, 0.1) is 11.0 Å². The number of fused-ring (bicyclic) bond motifs is 11. The molecule has 2 bridgehead atoms. The number of anilines is 1.